The standard InChI is InChI=1S/C18H22N2OS/c19-17-10-4-3-8-15(17)14-16(21)9-2-1-7-13-22-18-11-5-6-12-20-18/h3-6,8,10-12H,1-2,7,9,13-14,19H2. The number of nitrogen functional groups attached to an aromatic ring is 1. The number of carbonyl (C=O) groups is 1. The summed E-state index contributed by atoms with van der Waals surface area (Å²) in [4.78, 5) is 16.2. The second-order valence-corrected chi connectivity index (χ2v) is 6.36. The van der Waals surface area contributed by atoms with Gasteiger partial charge in [-0.2, -0.15) is 0 Å². The molecule has 0 amide bonds. The monoisotopic (exact) mass is 314 g/mol. The highest BCUT2D eigenvalue weighted by atomic mass is 32.2. The molecule has 0 saturated carbocycles. The van der Waals surface area contributed by atoms with Crippen molar-refractivity contribution in [2.24, 2.45) is 0 Å². The number of Topliss-reactive ketones (excluding diaryl/α,β-unsaturated/α-hetero) is 1. The first kappa shape index (κ1) is 16.6. The molecule has 0 unspecified atom stereocenters. The predicted octanol–water partition coefficient (Wildman–Crippen LogP) is 4.13. The summed E-state index contributed by atoms with van der Waals surface area (Å²) in [5, 5.41) is 1.07. The van der Waals surface area contributed by atoms with Crippen LogP contribution >= 0.6 is 11.8 Å². The van der Waals surface area contributed by atoms with Crippen molar-refractivity contribution >= 4 is 23.2 Å². The van der Waals surface area contributed by atoms with E-state index >= 15 is 0 Å². The summed E-state index contributed by atoms with van der Waals surface area (Å²) in [6.45, 7) is 0. The fourth-order valence-electron chi connectivity index (χ4n) is 2.21. The minimum atomic E-state index is 0.273. The number of carbonyl (C=O) groups excluding carboxylic acids is 1. The number of unbranched alkanes of at least 4 members (excludes halogenated alkanes) is 2. The molecule has 1 aromatic carbocycles. The number of rotatable bonds is 9. The lowest BCUT2D eigenvalue weighted by Crippen LogP contribution is -2.05. The van der Waals surface area contributed by atoms with Gasteiger partial charge in [0.05, 0.1) is 5.03 Å². The van der Waals surface area contributed by atoms with E-state index in [1.165, 1.54) is 0 Å². The van der Waals surface area contributed by atoms with E-state index in [-0.39, 0.29) is 5.78 Å². The van der Waals surface area contributed by atoms with E-state index < -0.39 is 0 Å². The van der Waals surface area contributed by atoms with Gasteiger partial charge in [0.1, 0.15) is 5.78 Å². The maximum atomic E-state index is 11.9. The summed E-state index contributed by atoms with van der Waals surface area (Å²) < 4.78 is 0. The van der Waals surface area contributed by atoms with Gasteiger partial charge in [-0.05, 0) is 42.4 Å². The summed E-state index contributed by atoms with van der Waals surface area (Å²) in [6, 6.07) is 13.5. The largest absolute Gasteiger partial charge is 0.398 e. The number of thioether (sulfide) groups is 1. The number of aromatic nitrogens is 1. The quantitative estimate of drug-likeness (QED) is 0.429. The second-order valence-electron chi connectivity index (χ2n) is 5.24. The van der Waals surface area contributed by atoms with Gasteiger partial charge in [-0.1, -0.05) is 30.7 Å². The molecular weight excluding hydrogens is 292 g/mol. The molecule has 22 heavy (non-hydrogen) atoms. The van der Waals surface area contributed by atoms with Crippen molar-refractivity contribution in [3.8, 4) is 0 Å². The average molecular weight is 314 g/mol. The van der Waals surface area contributed by atoms with Crippen LogP contribution in [0.25, 0.3) is 0 Å². The second kappa shape index (κ2) is 9.26. The Balaban J connectivity index is 1.57. The number of hydrogen-bond acceptors (Lipinski definition) is 4. The zero-order valence-electron chi connectivity index (χ0n) is 12.7. The number of nitrogens with zero attached hydrogens (tertiary/aromatic N) is 1. The van der Waals surface area contributed by atoms with E-state index in [0.29, 0.717) is 18.5 Å². The number of anilines is 1. The number of benzene rings is 1. The lowest BCUT2D eigenvalue weighted by molar-refractivity contribution is -0.118. The molecule has 0 bridgehead atoms. The van der Waals surface area contributed by atoms with Crippen LogP contribution in [0.3, 0.4) is 0 Å². The smallest absolute Gasteiger partial charge is 0.137 e. The van der Waals surface area contributed by atoms with Gasteiger partial charge in [0.2, 0.25) is 0 Å². The highest BCUT2D eigenvalue weighted by Gasteiger charge is 2.06. The minimum Gasteiger partial charge on any atom is -0.398 e. The third kappa shape index (κ3) is 5.90. The SMILES string of the molecule is Nc1ccccc1CC(=O)CCCCCSc1ccccn1. The molecule has 2 rings (SSSR count). The molecule has 0 saturated heterocycles. The summed E-state index contributed by atoms with van der Waals surface area (Å²) in [5.74, 6) is 1.33. The van der Waals surface area contributed by atoms with Crippen LogP contribution < -0.4 is 5.73 Å². The molecule has 0 spiro atoms. The molecule has 0 aliphatic heterocycles. The van der Waals surface area contributed by atoms with Gasteiger partial charge in [0, 0.05) is 24.7 Å². The van der Waals surface area contributed by atoms with Crippen LogP contribution in [0.15, 0.2) is 53.7 Å². The Morgan fingerprint density at radius 3 is 2.64 bits per heavy atom. The Morgan fingerprint density at radius 2 is 1.86 bits per heavy atom. The van der Waals surface area contributed by atoms with Crippen LogP contribution in [0, 0.1) is 0 Å². The highest BCUT2D eigenvalue weighted by Crippen LogP contribution is 2.17. The number of nitrogens with two attached hydrogens (primary N) is 1. The lowest BCUT2D eigenvalue weighted by atomic mass is 10.0. The molecule has 2 N–H and O–H groups in total. The zero-order valence-corrected chi connectivity index (χ0v) is 13.5. The van der Waals surface area contributed by atoms with Crippen molar-refractivity contribution in [3.05, 3.63) is 54.2 Å². The van der Waals surface area contributed by atoms with Gasteiger partial charge in [-0.3, -0.25) is 4.79 Å². The summed E-state index contributed by atoms with van der Waals surface area (Å²) in [6.07, 6.45) is 6.06. The van der Waals surface area contributed by atoms with Crippen LogP contribution in [-0.4, -0.2) is 16.5 Å². The van der Waals surface area contributed by atoms with Gasteiger partial charge in [-0.15, -0.1) is 11.8 Å². The Bertz CT molecular complexity index is 587. The van der Waals surface area contributed by atoms with Crippen molar-refractivity contribution < 1.29 is 4.79 Å². The number of para-hydroxylation sites is 1. The number of ketones is 1. The van der Waals surface area contributed by atoms with Gasteiger partial charge in [0.25, 0.3) is 0 Å². The van der Waals surface area contributed by atoms with Crippen LogP contribution in [0.2, 0.25) is 0 Å². The Morgan fingerprint density at radius 1 is 1.05 bits per heavy atom. The van der Waals surface area contributed by atoms with Crippen molar-refractivity contribution in [2.45, 2.75) is 37.1 Å². The summed E-state index contributed by atoms with van der Waals surface area (Å²) >= 11 is 1.77. The first-order valence-corrected chi connectivity index (χ1v) is 8.63. The number of hydrogen-bond donors (Lipinski definition) is 1. The van der Waals surface area contributed by atoms with Gasteiger partial charge in [-0.25, -0.2) is 4.98 Å². The molecule has 0 atom stereocenters. The van der Waals surface area contributed by atoms with Crippen LogP contribution in [-0.2, 0) is 11.2 Å². The average Bonchev–Trinajstić information content (AvgIpc) is 2.54. The molecule has 0 fully saturated rings. The summed E-state index contributed by atoms with van der Waals surface area (Å²) in [5.41, 5.74) is 7.51. The van der Waals surface area contributed by atoms with Crippen molar-refractivity contribution in [1.82, 2.24) is 4.98 Å². The van der Waals surface area contributed by atoms with Gasteiger partial charge in [0.15, 0.2) is 0 Å². The predicted molar refractivity (Wildman–Crippen MR) is 93.0 cm³/mol. The first-order chi connectivity index (χ1) is 10.8. The summed E-state index contributed by atoms with van der Waals surface area (Å²) in [7, 11) is 0. The van der Waals surface area contributed by atoms with Gasteiger partial charge < -0.3 is 5.73 Å². The Labute approximate surface area is 136 Å². The van der Waals surface area contributed by atoms with Crippen LogP contribution in [0.4, 0.5) is 5.69 Å². The van der Waals surface area contributed by atoms with E-state index in [9.17, 15) is 4.79 Å². The maximum Gasteiger partial charge on any atom is 0.137 e. The highest BCUT2D eigenvalue weighted by molar-refractivity contribution is 7.99. The molecule has 0 aliphatic rings. The fourth-order valence-corrected chi connectivity index (χ4v) is 3.07. The minimum absolute atomic E-state index is 0.273. The number of pyridine rings is 1. The van der Waals surface area contributed by atoms with Gasteiger partial charge >= 0.3 is 0 Å². The Hall–Kier alpha value is -1.81. The van der Waals surface area contributed by atoms with Crippen LogP contribution in [0.1, 0.15) is 31.2 Å². The van der Waals surface area contributed by atoms with E-state index in [0.717, 1.165) is 35.6 Å². The fraction of sp³-hybridized carbons (Fsp3) is 0.333. The topological polar surface area (TPSA) is 56.0 Å². The molecule has 116 valence electrons. The van der Waals surface area contributed by atoms with E-state index in [4.69, 9.17) is 5.73 Å². The Kier molecular flexibility index (Phi) is 6.97. The van der Waals surface area contributed by atoms with Crippen molar-refractivity contribution in [2.75, 3.05) is 11.5 Å². The van der Waals surface area contributed by atoms with Crippen molar-refractivity contribution in [1.29, 1.82) is 0 Å². The van der Waals surface area contributed by atoms with E-state index in [1.807, 2.05) is 48.7 Å². The molecule has 4 heteroatoms. The lowest BCUT2D eigenvalue weighted by Gasteiger charge is -2.05. The molecule has 3 nitrogen and oxygen atoms in total. The van der Waals surface area contributed by atoms with Crippen molar-refractivity contribution in [3.63, 3.8) is 0 Å². The molecular formula is C18H22N2OS. The molecule has 0 aliphatic carbocycles. The molecule has 0 radical (unpaired) electrons. The maximum absolute atomic E-state index is 11.9. The third-order valence-electron chi connectivity index (χ3n) is 3.43. The molecule has 1 aromatic heterocycles. The van der Waals surface area contributed by atoms with E-state index in [1.54, 1.807) is 11.8 Å². The zero-order chi connectivity index (χ0) is 15.6. The molecule has 1 heterocycles. The third-order valence-corrected chi connectivity index (χ3v) is 4.46. The van der Waals surface area contributed by atoms with Crippen LogP contribution in [0.5, 0.6) is 0 Å². The first-order valence-electron chi connectivity index (χ1n) is 7.64. The normalized spacial score (nSPS) is 10.5. The van der Waals surface area contributed by atoms with E-state index in [2.05, 4.69) is 4.98 Å². The molecule has 2 aromatic rings.